The molecule has 2 aromatic heterocycles. The monoisotopic (exact) mass is 463 g/mol. The van der Waals surface area contributed by atoms with Gasteiger partial charge in [0.15, 0.2) is 0 Å². The highest BCUT2D eigenvalue weighted by Crippen LogP contribution is 2.48. The largest absolute Gasteiger partial charge is 0.396 e. The van der Waals surface area contributed by atoms with Crippen LogP contribution < -0.4 is 10.9 Å². The molecule has 10 heteroatoms. The minimum Gasteiger partial charge on any atom is -0.396 e. The van der Waals surface area contributed by atoms with E-state index < -0.39 is 29.8 Å². The standard InChI is InChI=1S/C24H22FN5O4/c25-15-6-4-14(5-7-15)10-28-23(33)21-16(13-31)19-12-29-18(2-1-3-20(29)32)22(21)30(19)24(34)17-11-26-8-9-27-17/h1-9,11,16,19,21-22,31H,10,12-13H2,(H,28,33)/t16-,19-,21+,22+/m1/s1. The second-order valence-electron chi connectivity index (χ2n) is 8.43. The molecule has 4 atom stereocenters. The lowest BCUT2D eigenvalue weighted by atomic mass is 9.86. The number of halogens is 1. The van der Waals surface area contributed by atoms with E-state index >= 15 is 0 Å². The summed E-state index contributed by atoms with van der Waals surface area (Å²) in [4.78, 5) is 49.2. The number of benzene rings is 1. The molecule has 2 aliphatic heterocycles. The van der Waals surface area contributed by atoms with Crippen LogP contribution in [0.5, 0.6) is 0 Å². The van der Waals surface area contributed by atoms with Crippen LogP contribution in [-0.4, -0.2) is 49.0 Å². The fourth-order valence-corrected chi connectivity index (χ4v) is 5.09. The minimum atomic E-state index is -0.799. The SMILES string of the molecule is O=C(NCc1ccc(F)cc1)[C@H]1[C@H](CO)[C@H]2Cn3c(cccc3=O)[C@@H]1N2C(=O)c1cnccn1. The molecule has 0 aliphatic carbocycles. The normalized spacial score (nSPS) is 22.8. The highest BCUT2D eigenvalue weighted by Gasteiger charge is 2.57. The number of carbonyl (C=O) groups is 2. The van der Waals surface area contributed by atoms with Gasteiger partial charge in [-0.15, -0.1) is 0 Å². The third-order valence-electron chi connectivity index (χ3n) is 6.62. The average Bonchev–Trinajstić information content (AvgIpc) is 3.10. The molecule has 2 N–H and O–H groups in total. The van der Waals surface area contributed by atoms with Gasteiger partial charge < -0.3 is 19.9 Å². The molecule has 0 unspecified atom stereocenters. The number of fused-ring (bicyclic) bond motifs is 4. The minimum absolute atomic E-state index is 0.119. The molecule has 174 valence electrons. The lowest BCUT2D eigenvalue weighted by Gasteiger charge is -2.37. The molecule has 2 aliphatic rings. The molecule has 1 fully saturated rings. The molecule has 3 aromatic rings. The highest BCUT2D eigenvalue weighted by atomic mass is 19.1. The fourth-order valence-electron chi connectivity index (χ4n) is 5.09. The van der Waals surface area contributed by atoms with Crippen molar-refractivity contribution in [1.82, 2.24) is 24.8 Å². The van der Waals surface area contributed by atoms with Gasteiger partial charge in [0.05, 0.1) is 24.2 Å². The van der Waals surface area contributed by atoms with Crippen LogP contribution in [0.3, 0.4) is 0 Å². The zero-order chi connectivity index (χ0) is 23.8. The molecule has 1 saturated heterocycles. The lowest BCUT2D eigenvalue weighted by molar-refractivity contribution is -0.127. The number of aromatic nitrogens is 3. The van der Waals surface area contributed by atoms with E-state index in [1.165, 1.54) is 36.8 Å². The van der Waals surface area contributed by atoms with Crippen LogP contribution in [0.15, 0.2) is 65.8 Å². The van der Waals surface area contributed by atoms with Gasteiger partial charge in [-0.3, -0.25) is 19.4 Å². The van der Waals surface area contributed by atoms with E-state index in [1.807, 2.05) is 0 Å². The number of amides is 2. The van der Waals surface area contributed by atoms with Crippen molar-refractivity contribution in [2.45, 2.75) is 25.2 Å². The first kappa shape index (κ1) is 21.9. The zero-order valence-electron chi connectivity index (χ0n) is 18.0. The summed E-state index contributed by atoms with van der Waals surface area (Å²) in [6.45, 7) is -0.0296. The van der Waals surface area contributed by atoms with E-state index in [4.69, 9.17) is 0 Å². The number of hydrogen-bond donors (Lipinski definition) is 2. The fraction of sp³-hybridized carbons (Fsp3) is 0.292. The molecule has 2 amide bonds. The van der Waals surface area contributed by atoms with Gasteiger partial charge in [0.2, 0.25) is 5.91 Å². The number of pyridine rings is 1. The van der Waals surface area contributed by atoms with Crippen LogP contribution in [0.4, 0.5) is 4.39 Å². The van der Waals surface area contributed by atoms with Crippen molar-refractivity contribution in [2.75, 3.05) is 6.61 Å². The highest BCUT2D eigenvalue weighted by molar-refractivity contribution is 5.94. The Hall–Kier alpha value is -3.92. The molecular formula is C24H22FN5O4. The predicted molar refractivity (Wildman–Crippen MR) is 118 cm³/mol. The van der Waals surface area contributed by atoms with E-state index in [0.717, 1.165) is 0 Å². The first-order valence-electron chi connectivity index (χ1n) is 10.9. The molecule has 9 nitrogen and oxygen atoms in total. The molecule has 0 radical (unpaired) electrons. The molecule has 0 saturated carbocycles. The van der Waals surface area contributed by atoms with Crippen LogP contribution in [0.2, 0.25) is 0 Å². The second-order valence-corrected chi connectivity index (χ2v) is 8.43. The smallest absolute Gasteiger partial charge is 0.274 e. The van der Waals surface area contributed by atoms with Crippen molar-refractivity contribution in [1.29, 1.82) is 0 Å². The third-order valence-corrected chi connectivity index (χ3v) is 6.62. The summed E-state index contributed by atoms with van der Waals surface area (Å²) in [6, 6.07) is 9.16. The number of hydrogen-bond acceptors (Lipinski definition) is 6. The lowest BCUT2D eigenvalue weighted by Crippen LogP contribution is -2.49. The molecule has 4 heterocycles. The summed E-state index contributed by atoms with van der Waals surface area (Å²) in [6.07, 6.45) is 4.22. The van der Waals surface area contributed by atoms with Crippen molar-refractivity contribution in [3.8, 4) is 0 Å². The second kappa shape index (κ2) is 8.79. The van der Waals surface area contributed by atoms with E-state index in [9.17, 15) is 23.9 Å². The van der Waals surface area contributed by atoms with Crippen molar-refractivity contribution in [3.05, 3.63) is 94.2 Å². The predicted octanol–water partition coefficient (Wildman–Crippen LogP) is 0.898. The summed E-state index contributed by atoms with van der Waals surface area (Å²) in [5, 5.41) is 13.1. The quantitative estimate of drug-likeness (QED) is 0.581. The van der Waals surface area contributed by atoms with Crippen LogP contribution in [0, 0.1) is 17.7 Å². The van der Waals surface area contributed by atoms with Crippen LogP contribution >= 0.6 is 0 Å². The molecular weight excluding hydrogens is 441 g/mol. The number of nitrogens with zero attached hydrogens (tertiary/aromatic N) is 4. The van der Waals surface area contributed by atoms with Gasteiger partial charge in [-0.2, -0.15) is 0 Å². The molecule has 1 aromatic carbocycles. The maximum atomic E-state index is 13.5. The first-order valence-corrected chi connectivity index (χ1v) is 10.9. The maximum absolute atomic E-state index is 13.5. The van der Waals surface area contributed by atoms with Gasteiger partial charge in [-0.25, -0.2) is 9.37 Å². The Balaban J connectivity index is 1.52. The number of aliphatic hydroxyl groups is 1. The first-order chi connectivity index (χ1) is 16.5. The Morgan fingerprint density at radius 1 is 1.15 bits per heavy atom. The average molecular weight is 463 g/mol. The van der Waals surface area contributed by atoms with Gasteiger partial charge in [0, 0.05) is 49.8 Å². The topological polar surface area (TPSA) is 117 Å². The summed E-state index contributed by atoms with van der Waals surface area (Å²) >= 11 is 0. The number of nitrogens with one attached hydrogen (secondary N) is 1. The number of rotatable bonds is 5. The summed E-state index contributed by atoms with van der Waals surface area (Å²) in [5.74, 6) is -2.56. The van der Waals surface area contributed by atoms with Gasteiger partial charge in [0.1, 0.15) is 11.5 Å². The van der Waals surface area contributed by atoms with Gasteiger partial charge in [-0.05, 0) is 23.8 Å². The number of carbonyl (C=O) groups excluding carboxylic acids is 2. The zero-order valence-corrected chi connectivity index (χ0v) is 18.0. The summed E-state index contributed by atoms with van der Waals surface area (Å²) in [7, 11) is 0. The molecule has 34 heavy (non-hydrogen) atoms. The van der Waals surface area contributed by atoms with Gasteiger partial charge >= 0.3 is 0 Å². The molecule has 0 spiro atoms. The maximum Gasteiger partial charge on any atom is 0.274 e. The Kier molecular flexibility index (Phi) is 5.66. The van der Waals surface area contributed by atoms with Crippen molar-refractivity contribution in [2.24, 2.45) is 11.8 Å². The summed E-state index contributed by atoms with van der Waals surface area (Å²) in [5.41, 5.74) is 1.12. The van der Waals surface area contributed by atoms with Crippen LogP contribution in [-0.2, 0) is 17.9 Å². The van der Waals surface area contributed by atoms with Crippen molar-refractivity contribution in [3.63, 3.8) is 0 Å². The third kappa shape index (κ3) is 3.65. The van der Waals surface area contributed by atoms with Crippen molar-refractivity contribution < 1.29 is 19.1 Å². The molecule has 2 bridgehead atoms. The Morgan fingerprint density at radius 3 is 2.65 bits per heavy atom. The molecule has 5 rings (SSSR count). The Labute approximate surface area is 193 Å². The summed E-state index contributed by atoms with van der Waals surface area (Å²) < 4.78 is 14.8. The number of aliphatic hydroxyl groups excluding tert-OH is 1. The van der Waals surface area contributed by atoms with E-state index in [0.29, 0.717) is 11.3 Å². The van der Waals surface area contributed by atoms with Gasteiger partial charge in [-0.1, -0.05) is 18.2 Å². The van der Waals surface area contributed by atoms with Gasteiger partial charge in [0.25, 0.3) is 11.5 Å². The Bertz CT molecular complexity index is 1280. The van der Waals surface area contributed by atoms with Crippen LogP contribution in [0.25, 0.3) is 0 Å². The van der Waals surface area contributed by atoms with E-state index in [2.05, 4.69) is 15.3 Å². The van der Waals surface area contributed by atoms with E-state index in [1.54, 1.807) is 33.7 Å². The Morgan fingerprint density at radius 2 is 1.94 bits per heavy atom. The van der Waals surface area contributed by atoms with Crippen LogP contribution in [0.1, 0.15) is 27.8 Å². The van der Waals surface area contributed by atoms with E-state index in [-0.39, 0.29) is 42.7 Å². The van der Waals surface area contributed by atoms with Crippen molar-refractivity contribution >= 4 is 11.8 Å².